The first-order valence-corrected chi connectivity index (χ1v) is 9.72. The molecule has 1 aliphatic rings. The van der Waals surface area contributed by atoms with Crippen molar-refractivity contribution in [2.75, 3.05) is 11.9 Å². The van der Waals surface area contributed by atoms with Gasteiger partial charge in [-0.25, -0.2) is 9.97 Å². The number of anilines is 1. The fourth-order valence-electron chi connectivity index (χ4n) is 3.71. The predicted molar refractivity (Wildman–Crippen MR) is 108 cm³/mol. The lowest BCUT2D eigenvalue weighted by Crippen LogP contribution is -2.48. The molecule has 9 nitrogen and oxygen atoms in total. The summed E-state index contributed by atoms with van der Waals surface area (Å²) in [5.41, 5.74) is -0.281. The number of aliphatic hydroxyl groups is 3. The van der Waals surface area contributed by atoms with Crippen LogP contribution in [-0.2, 0) is 6.54 Å². The van der Waals surface area contributed by atoms with Crippen LogP contribution >= 0.6 is 0 Å². The molecular formula is C21H23N5O4. The van der Waals surface area contributed by atoms with Crippen LogP contribution < -0.4 is 5.32 Å². The second-order valence-electron chi connectivity index (χ2n) is 7.47. The summed E-state index contributed by atoms with van der Waals surface area (Å²) in [6.07, 6.45) is 3.79. The van der Waals surface area contributed by atoms with E-state index in [-0.39, 0.29) is 30.1 Å². The van der Waals surface area contributed by atoms with Gasteiger partial charge in [-0.15, -0.1) is 0 Å². The Morgan fingerprint density at radius 3 is 2.80 bits per heavy atom. The lowest BCUT2D eigenvalue weighted by molar-refractivity contribution is -0.0546. The van der Waals surface area contributed by atoms with Crippen LogP contribution in [0.3, 0.4) is 0 Å². The number of hydrogen-bond acceptors (Lipinski definition) is 8. The summed E-state index contributed by atoms with van der Waals surface area (Å²) >= 11 is 0. The van der Waals surface area contributed by atoms with Crippen molar-refractivity contribution in [3.8, 4) is 0 Å². The number of carbonyl (C=O) groups excluding carboxylic acids is 1. The lowest BCUT2D eigenvalue weighted by Gasteiger charge is -2.30. The van der Waals surface area contributed by atoms with Crippen LogP contribution in [0.1, 0.15) is 34.5 Å². The van der Waals surface area contributed by atoms with E-state index in [4.69, 9.17) is 0 Å². The fraction of sp³-hybridized carbons (Fsp3) is 0.333. The molecule has 0 amide bonds. The highest BCUT2D eigenvalue weighted by Gasteiger charge is 2.47. The van der Waals surface area contributed by atoms with Gasteiger partial charge in [-0.1, -0.05) is 30.3 Å². The summed E-state index contributed by atoms with van der Waals surface area (Å²) in [5.74, 6) is -0.746. The Hall–Kier alpha value is -3.14. The fourth-order valence-corrected chi connectivity index (χ4v) is 3.71. The average molecular weight is 409 g/mol. The highest BCUT2D eigenvalue weighted by Crippen LogP contribution is 2.35. The van der Waals surface area contributed by atoms with E-state index in [0.717, 1.165) is 5.56 Å². The first kappa shape index (κ1) is 20.1. The summed E-state index contributed by atoms with van der Waals surface area (Å²) in [6, 6.07) is 11.4. The Bertz CT molecular complexity index is 1030. The lowest BCUT2D eigenvalue weighted by atomic mass is 10.0. The van der Waals surface area contributed by atoms with Gasteiger partial charge >= 0.3 is 0 Å². The molecule has 3 atom stereocenters. The topological polar surface area (TPSA) is 133 Å². The minimum Gasteiger partial charge on any atom is -0.396 e. The SMILES string of the molecule is O=C(c1ccn(Cc2ccccc2)n1)c1cncnc1N[C@]1(O)CC[C@H](CO)[C@H]1O. The van der Waals surface area contributed by atoms with Crippen LogP contribution in [0.2, 0.25) is 0 Å². The molecule has 0 radical (unpaired) electrons. The second kappa shape index (κ2) is 8.31. The second-order valence-corrected chi connectivity index (χ2v) is 7.47. The third kappa shape index (κ3) is 3.95. The number of hydrogen-bond donors (Lipinski definition) is 4. The Balaban J connectivity index is 1.55. The van der Waals surface area contributed by atoms with E-state index in [1.807, 2.05) is 30.3 Å². The monoisotopic (exact) mass is 409 g/mol. The number of benzene rings is 1. The van der Waals surface area contributed by atoms with E-state index in [9.17, 15) is 20.1 Å². The molecule has 0 saturated heterocycles. The van der Waals surface area contributed by atoms with Gasteiger partial charge in [0.2, 0.25) is 5.78 Å². The number of aliphatic hydroxyl groups excluding tert-OH is 2. The average Bonchev–Trinajstić information content (AvgIpc) is 3.33. The van der Waals surface area contributed by atoms with Crippen LogP contribution in [0.5, 0.6) is 0 Å². The molecule has 1 fully saturated rings. The Morgan fingerprint density at radius 2 is 2.07 bits per heavy atom. The molecule has 0 bridgehead atoms. The smallest absolute Gasteiger partial charge is 0.218 e. The third-order valence-electron chi connectivity index (χ3n) is 5.42. The van der Waals surface area contributed by atoms with Gasteiger partial charge in [0.25, 0.3) is 0 Å². The zero-order valence-corrected chi connectivity index (χ0v) is 16.2. The molecule has 1 aromatic carbocycles. The predicted octanol–water partition coefficient (Wildman–Crippen LogP) is 0.816. The third-order valence-corrected chi connectivity index (χ3v) is 5.42. The van der Waals surface area contributed by atoms with E-state index < -0.39 is 23.5 Å². The van der Waals surface area contributed by atoms with Gasteiger partial charge in [0.1, 0.15) is 23.9 Å². The van der Waals surface area contributed by atoms with Crippen molar-refractivity contribution < 1.29 is 20.1 Å². The van der Waals surface area contributed by atoms with Crippen molar-refractivity contribution in [3.05, 3.63) is 71.9 Å². The maximum atomic E-state index is 13.0. The Morgan fingerprint density at radius 1 is 1.27 bits per heavy atom. The van der Waals surface area contributed by atoms with Crippen molar-refractivity contribution in [3.63, 3.8) is 0 Å². The maximum Gasteiger partial charge on any atom is 0.218 e. The zero-order valence-electron chi connectivity index (χ0n) is 16.2. The molecule has 2 heterocycles. The molecule has 0 unspecified atom stereocenters. The highest BCUT2D eigenvalue weighted by atomic mass is 16.4. The minimum atomic E-state index is -1.69. The molecule has 30 heavy (non-hydrogen) atoms. The normalized spacial score (nSPS) is 23.4. The molecule has 156 valence electrons. The quantitative estimate of drug-likeness (QED) is 0.333. The molecule has 3 aromatic rings. The molecule has 1 saturated carbocycles. The van der Waals surface area contributed by atoms with Crippen LogP contribution in [0.4, 0.5) is 5.82 Å². The standard InChI is InChI=1S/C21H23N5O4/c27-12-15-6-8-21(30,19(15)29)24-20-16(10-22-13-23-20)18(28)17-7-9-26(25-17)11-14-4-2-1-3-5-14/h1-5,7,9-10,13,15,19,27,29-30H,6,8,11-12H2,(H,22,23,24)/t15-,19-,21+/m1/s1. The molecule has 0 aliphatic heterocycles. The number of aromatic nitrogens is 4. The van der Waals surface area contributed by atoms with E-state index in [2.05, 4.69) is 20.4 Å². The first-order chi connectivity index (χ1) is 14.5. The summed E-state index contributed by atoms with van der Waals surface area (Å²) < 4.78 is 1.67. The van der Waals surface area contributed by atoms with Crippen LogP contribution in [0.25, 0.3) is 0 Å². The number of rotatable bonds is 7. The molecule has 9 heteroatoms. The van der Waals surface area contributed by atoms with Crippen molar-refractivity contribution in [2.24, 2.45) is 5.92 Å². The van der Waals surface area contributed by atoms with Crippen molar-refractivity contribution >= 4 is 11.6 Å². The van der Waals surface area contributed by atoms with Gasteiger partial charge in [-0.2, -0.15) is 5.10 Å². The Labute approximate surface area is 173 Å². The number of carbonyl (C=O) groups is 1. The summed E-state index contributed by atoms with van der Waals surface area (Å²) in [6.45, 7) is 0.290. The molecule has 4 rings (SSSR count). The van der Waals surface area contributed by atoms with Gasteiger partial charge in [-0.05, 0) is 24.5 Å². The molecule has 0 spiro atoms. The van der Waals surface area contributed by atoms with E-state index in [0.29, 0.717) is 13.0 Å². The van der Waals surface area contributed by atoms with Gasteiger partial charge in [0.05, 0.1) is 12.1 Å². The number of nitrogens with zero attached hydrogens (tertiary/aromatic N) is 4. The number of ketones is 1. The number of nitrogens with one attached hydrogen (secondary N) is 1. The van der Waals surface area contributed by atoms with Gasteiger partial charge in [-0.3, -0.25) is 9.48 Å². The highest BCUT2D eigenvalue weighted by molar-refractivity contribution is 6.10. The van der Waals surface area contributed by atoms with Crippen molar-refractivity contribution in [2.45, 2.75) is 31.2 Å². The molecule has 2 aromatic heterocycles. The van der Waals surface area contributed by atoms with E-state index in [1.165, 1.54) is 12.5 Å². The maximum absolute atomic E-state index is 13.0. The summed E-state index contributed by atoms with van der Waals surface area (Å²) in [7, 11) is 0. The van der Waals surface area contributed by atoms with E-state index in [1.54, 1.807) is 16.9 Å². The van der Waals surface area contributed by atoms with Gasteiger partial charge in [0, 0.05) is 24.9 Å². The Kier molecular flexibility index (Phi) is 5.58. The van der Waals surface area contributed by atoms with E-state index >= 15 is 0 Å². The summed E-state index contributed by atoms with van der Waals surface area (Å²) in [5, 5.41) is 37.6. The van der Waals surface area contributed by atoms with Crippen LogP contribution in [-0.4, -0.2) is 59.3 Å². The van der Waals surface area contributed by atoms with Gasteiger partial charge in [0.15, 0.2) is 5.72 Å². The zero-order chi connectivity index (χ0) is 21.1. The van der Waals surface area contributed by atoms with Crippen molar-refractivity contribution in [1.29, 1.82) is 0 Å². The minimum absolute atomic E-state index is 0.104. The van der Waals surface area contributed by atoms with Crippen molar-refractivity contribution in [1.82, 2.24) is 19.7 Å². The van der Waals surface area contributed by atoms with Gasteiger partial charge < -0.3 is 20.6 Å². The summed E-state index contributed by atoms with van der Waals surface area (Å²) in [4.78, 5) is 21.0. The first-order valence-electron chi connectivity index (χ1n) is 9.72. The largest absolute Gasteiger partial charge is 0.396 e. The molecule has 1 aliphatic carbocycles. The van der Waals surface area contributed by atoms with Crippen LogP contribution in [0, 0.1) is 5.92 Å². The molecular weight excluding hydrogens is 386 g/mol. The van der Waals surface area contributed by atoms with Crippen LogP contribution in [0.15, 0.2) is 55.1 Å². The molecule has 4 N–H and O–H groups in total.